The third-order valence-corrected chi connectivity index (χ3v) is 10.6. The molecule has 0 fully saturated rings. The molecule has 4 aromatic heterocycles. The Kier molecular flexibility index (Phi) is 6.82. The van der Waals surface area contributed by atoms with Gasteiger partial charge in [0.05, 0.1) is 28.1 Å². The van der Waals surface area contributed by atoms with Gasteiger partial charge in [-0.15, -0.1) is 0 Å². The summed E-state index contributed by atoms with van der Waals surface area (Å²) in [6, 6.07) is 42.9. The minimum Gasteiger partial charge on any atom is -0.456 e. The summed E-state index contributed by atoms with van der Waals surface area (Å²) >= 11 is 0. The Bertz CT molecular complexity index is 3120. The van der Waals surface area contributed by atoms with Gasteiger partial charge in [0.25, 0.3) is 0 Å². The van der Waals surface area contributed by atoms with E-state index in [9.17, 15) is 0 Å². The molecule has 0 saturated carbocycles. The van der Waals surface area contributed by atoms with Crippen LogP contribution in [-0.2, 0) is 0 Å². The lowest BCUT2D eigenvalue weighted by Gasteiger charge is -2.14. The summed E-state index contributed by atoms with van der Waals surface area (Å²) < 4.78 is 17.9. The van der Waals surface area contributed by atoms with E-state index in [-0.39, 0.29) is 0 Å². The predicted octanol–water partition coefficient (Wildman–Crippen LogP) is 14.0. The SMILES string of the molecule is C=Cc1c(C=C)c(/C=C\C)n(-c2ccc3oc4cc5c(cc4c3c2)oc2cc(-c3ccccc3)c(-n3c4ccccc4c4ccccc43)cc25)c1C=C. The number of para-hydroxylation sites is 2. The maximum absolute atomic E-state index is 6.74. The van der Waals surface area contributed by atoms with E-state index in [1.807, 2.05) is 37.3 Å². The van der Waals surface area contributed by atoms with Crippen LogP contribution in [0, 0.1) is 0 Å². The van der Waals surface area contributed by atoms with Gasteiger partial charge in [-0.05, 0) is 79.2 Å². The number of benzene rings is 6. The number of nitrogens with zero attached hydrogens (tertiary/aromatic N) is 2. The Balaban J connectivity index is 1.23. The largest absolute Gasteiger partial charge is 0.456 e. The van der Waals surface area contributed by atoms with Crippen molar-refractivity contribution in [1.29, 1.82) is 0 Å². The van der Waals surface area contributed by atoms with Crippen LogP contribution in [0.2, 0.25) is 0 Å². The minimum absolute atomic E-state index is 0.807. The Morgan fingerprint density at radius 1 is 0.491 bits per heavy atom. The summed E-state index contributed by atoms with van der Waals surface area (Å²) in [5.74, 6) is 0. The van der Waals surface area contributed by atoms with E-state index in [0.717, 1.165) is 99.9 Å². The Morgan fingerprint density at radius 3 is 1.70 bits per heavy atom. The van der Waals surface area contributed by atoms with Crippen LogP contribution >= 0.6 is 0 Å². The second-order valence-corrected chi connectivity index (χ2v) is 13.4. The molecular formula is C49H34N2O2. The highest BCUT2D eigenvalue weighted by Crippen LogP contribution is 2.43. The summed E-state index contributed by atoms with van der Waals surface area (Å²) in [5.41, 5.74) is 13.9. The van der Waals surface area contributed by atoms with E-state index in [4.69, 9.17) is 8.83 Å². The van der Waals surface area contributed by atoms with Crippen molar-refractivity contribution in [2.45, 2.75) is 6.92 Å². The highest BCUT2D eigenvalue weighted by atomic mass is 16.3. The van der Waals surface area contributed by atoms with Crippen molar-refractivity contribution in [2.24, 2.45) is 0 Å². The third kappa shape index (κ3) is 4.42. The molecule has 10 aromatic rings. The van der Waals surface area contributed by atoms with Gasteiger partial charge in [0.1, 0.15) is 22.3 Å². The van der Waals surface area contributed by atoms with Crippen LogP contribution in [0.4, 0.5) is 0 Å². The summed E-state index contributed by atoms with van der Waals surface area (Å²) in [6.07, 6.45) is 9.78. The molecule has 0 atom stereocenters. The third-order valence-electron chi connectivity index (χ3n) is 10.6. The number of hydrogen-bond donors (Lipinski definition) is 0. The summed E-state index contributed by atoms with van der Waals surface area (Å²) in [4.78, 5) is 0. The molecule has 0 spiro atoms. The van der Waals surface area contributed by atoms with Gasteiger partial charge in [-0.2, -0.15) is 0 Å². The molecule has 10 rings (SSSR count). The Labute approximate surface area is 306 Å². The van der Waals surface area contributed by atoms with Crippen LogP contribution in [-0.4, -0.2) is 9.13 Å². The fraction of sp³-hybridized carbons (Fsp3) is 0.0204. The van der Waals surface area contributed by atoms with Crippen molar-refractivity contribution in [1.82, 2.24) is 9.13 Å². The lowest BCUT2D eigenvalue weighted by molar-refractivity contribution is 0.664. The van der Waals surface area contributed by atoms with Crippen LogP contribution in [0.15, 0.2) is 156 Å². The zero-order valence-corrected chi connectivity index (χ0v) is 29.3. The van der Waals surface area contributed by atoms with Crippen LogP contribution in [0.5, 0.6) is 0 Å². The molecule has 0 saturated heterocycles. The topological polar surface area (TPSA) is 36.1 Å². The molecule has 0 bridgehead atoms. The predicted molar refractivity (Wildman–Crippen MR) is 225 cm³/mol. The molecule has 0 aliphatic rings. The van der Waals surface area contributed by atoms with Crippen LogP contribution in [0.1, 0.15) is 29.4 Å². The molecule has 0 aliphatic carbocycles. The first-order valence-electron chi connectivity index (χ1n) is 17.8. The van der Waals surface area contributed by atoms with E-state index < -0.39 is 0 Å². The average Bonchev–Trinajstić information content (AvgIpc) is 3.93. The molecule has 4 nitrogen and oxygen atoms in total. The zero-order valence-electron chi connectivity index (χ0n) is 29.3. The van der Waals surface area contributed by atoms with E-state index in [1.165, 1.54) is 10.8 Å². The number of rotatable bonds is 7. The zero-order chi connectivity index (χ0) is 35.8. The van der Waals surface area contributed by atoms with E-state index in [1.54, 1.807) is 0 Å². The molecule has 0 aliphatic heterocycles. The minimum atomic E-state index is 0.807. The Hall–Kier alpha value is -7.04. The lowest BCUT2D eigenvalue weighted by atomic mass is 10.00. The van der Waals surface area contributed by atoms with Gasteiger partial charge in [0.15, 0.2) is 0 Å². The first kappa shape index (κ1) is 30.8. The monoisotopic (exact) mass is 682 g/mol. The molecule has 4 heteroatoms. The van der Waals surface area contributed by atoms with Gasteiger partial charge in [-0.1, -0.05) is 105 Å². The average molecular weight is 683 g/mol. The normalized spacial score (nSPS) is 12.0. The quantitative estimate of drug-likeness (QED) is 0.168. The maximum Gasteiger partial charge on any atom is 0.136 e. The van der Waals surface area contributed by atoms with Crippen molar-refractivity contribution in [3.05, 3.63) is 170 Å². The molecule has 0 N–H and O–H groups in total. The molecule has 252 valence electrons. The van der Waals surface area contributed by atoms with E-state index in [0.29, 0.717) is 0 Å². The highest BCUT2D eigenvalue weighted by molar-refractivity contribution is 6.17. The van der Waals surface area contributed by atoms with Crippen molar-refractivity contribution in [3.8, 4) is 22.5 Å². The van der Waals surface area contributed by atoms with Crippen molar-refractivity contribution >= 4 is 90.0 Å². The van der Waals surface area contributed by atoms with Crippen molar-refractivity contribution in [2.75, 3.05) is 0 Å². The highest BCUT2D eigenvalue weighted by Gasteiger charge is 2.22. The lowest BCUT2D eigenvalue weighted by Crippen LogP contribution is -1.99. The van der Waals surface area contributed by atoms with E-state index >= 15 is 0 Å². The second-order valence-electron chi connectivity index (χ2n) is 13.4. The van der Waals surface area contributed by atoms with Gasteiger partial charge in [0, 0.05) is 54.7 Å². The first-order valence-corrected chi connectivity index (χ1v) is 17.8. The van der Waals surface area contributed by atoms with Gasteiger partial charge in [-0.3, -0.25) is 0 Å². The van der Waals surface area contributed by atoms with Crippen molar-refractivity contribution < 1.29 is 8.83 Å². The van der Waals surface area contributed by atoms with Crippen LogP contribution < -0.4 is 0 Å². The number of hydrogen-bond acceptors (Lipinski definition) is 2. The number of fused-ring (bicyclic) bond motifs is 9. The van der Waals surface area contributed by atoms with E-state index in [2.05, 4.69) is 150 Å². The molecule has 53 heavy (non-hydrogen) atoms. The smallest absolute Gasteiger partial charge is 0.136 e. The fourth-order valence-corrected chi connectivity index (χ4v) is 8.30. The summed E-state index contributed by atoms with van der Waals surface area (Å²) in [6.45, 7) is 14.4. The molecule has 4 heterocycles. The van der Waals surface area contributed by atoms with Gasteiger partial charge in [0.2, 0.25) is 0 Å². The van der Waals surface area contributed by atoms with Crippen LogP contribution in [0.3, 0.4) is 0 Å². The molecule has 0 unspecified atom stereocenters. The molecule has 0 amide bonds. The van der Waals surface area contributed by atoms with Gasteiger partial charge < -0.3 is 18.0 Å². The van der Waals surface area contributed by atoms with Gasteiger partial charge >= 0.3 is 0 Å². The Morgan fingerprint density at radius 2 is 1.06 bits per heavy atom. The standard InChI is InChI=1S/C49H34N2O2/c1-5-16-42-33(7-3)32(6-2)41(8-4)50(42)31-23-24-46-37(25-31)39-28-49-40(29-48(39)52-46)38-26-45(36(27-47(38)53-49)30-17-10-9-11-18-30)51-43-21-14-12-19-34(43)35-20-13-15-22-44(35)51/h5-29H,2-4H2,1H3/b16-5-. The number of aromatic nitrogens is 2. The molecular weight excluding hydrogens is 649 g/mol. The van der Waals surface area contributed by atoms with Gasteiger partial charge in [-0.25, -0.2) is 0 Å². The second kappa shape index (κ2) is 11.8. The summed E-state index contributed by atoms with van der Waals surface area (Å²) in [5, 5.41) is 6.49. The summed E-state index contributed by atoms with van der Waals surface area (Å²) in [7, 11) is 0. The molecule has 0 radical (unpaired) electrons. The fourth-order valence-electron chi connectivity index (χ4n) is 8.30. The number of furan rings is 2. The van der Waals surface area contributed by atoms with Crippen LogP contribution in [0.25, 0.3) is 112 Å². The molecule has 6 aromatic carbocycles. The maximum atomic E-state index is 6.74. The number of allylic oxidation sites excluding steroid dienone is 1. The first-order chi connectivity index (χ1) is 26.1. The van der Waals surface area contributed by atoms with Crippen molar-refractivity contribution in [3.63, 3.8) is 0 Å².